The molecule has 1 fully saturated rings. The van der Waals surface area contributed by atoms with Crippen molar-refractivity contribution < 1.29 is 5.11 Å². The third-order valence-corrected chi connectivity index (χ3v) is 4.14. The standard InChI is InChI=1S/C13H27NO/c1-6-13(15)12(5)14-8-9(2)7-10(3)11(14)4/h9-13,15H,6-8H2,1-5H3. The maximum atomic E-state index is 9.93. The maximum absolute atomic E-state index is 9.93. The molecule has 0 spiro atoms. The number of rotatable bonds is 3. The number of hydrogen-bond donors (Lipinski definition) is 1. The van der Waals surface area contributed by atoms with Gasteiger partial charge >= 0.3 is 0 Å². The van der Waals surface area contributed by atoms with Crippen molar-refractivity contribution in [2.75, 3.05) is 6.54 Å². The average molecular weight is 213 g/mol. The normalized spacial score (nSPS) is 37.6. The molecule has 1 saturated heterocycles. The van der Waals surface area contributed by atoms with Crippen molar-refractivity contribution in [3.63, 3.8) is 0 Å². The van der Waals surface area contributed by atoms with E-state index in [-0.39, 0.29) is 6.10 Å². The van der Waals surface area contributed by atoms with Crippen molar-refractivity contribution in [3.8, 4) is 0 Å². The molecule has 0 aromatic heterocycles. The molecule has 2 nitrogen and oxygen atoms in total. The van der Waals surface area contributed by atoms with Crippen molar-refractivity contribution >= 4 is 0 Å². The Balaban J connectivity index is 2.65. The topological polar surface area (TPSA) is 23.5 Å². The molecule has 0 aromatic carbocycles. The Labute approximate surface area is 94.7 Å². The Morgan fingerprint density at radius 1 is 1.33 bits per heavy atom. The quantitative estimate of drug-likeness (QED) is 0.778. The molecule has 1 aliphatic heterocycles. The van der Waals surface area contributed by atoms with E-state index in [9.17, 15) is 5.11 Å². The Bertz CT molecular complexity index is 195. The monoisotopic (exact) mass is 213 g/mol. The van der Waals surface area contributed by atoms with Crippen LogP contribution in [0.3, 0.4) is 0 Å². The molecule has 0 radical (unpaired) electrons. The van der Waals surface area contributed by atoms with Gasteiger partial charge in [-0.2, -0.15) is 0 Å². The molecule has 2 heteroatoms. The van der Waals surface area contributed by atoms with Gasteiger partial charge in [-0.1, -0.05) is 20.8 Å². The lowest BCUT2D eigenvalue weighted by atomic mass is 9.84. The van der Waals surface area contributed by atoms with E-state index in [1.165, 1.54) is 6.42 Å². The molecule has 5 unspecified atom stereocenters. The highest BCUT2D eigenvalue weighted by molar-refractivity contribution is 4.87. The largest absolute Gasteiger partial charge is 0.392 e. The number of likely N-dealkylation sites (tertiary alicyclic amines) is 1. The van der Waals surface area contributed by atoms with Crippen LogP contribution in [0.25, 0.3) is 0 Å². The molecule has 5 atom stereocenters. The summed E-state index contributed by atoms with van der Waals surface area (Å²) in [4.78, 5) is 2.49. The third-order valence-electron chi connectivity index (χ3n) is 4.14. The van der Waals surface area contributed by atoms with Gasteiger partial charge in [-0.15, -0.1) is 0 Å². The number of piperidine rings is 1. The molecule has 1 N–H and O–H groups in total. The van der Waals surface area contributed by atoms with Crippen molar-refractivity contribution in [3.05, 3.63) is 0 Å². The lowest BCUT2D eigenvalue weighted by Gasteiger charge is -2.45. The summed E-state index contributed by atoms with van der Waals surface area (Å²) in [6.07, 6.45) is 2.00. The second kappa shape index (κ2) is 5.31. The fraction of sp³-hybridized carbons (Fsp3) is 1.00. The van der Waals surface area contributed by atoms with Crippen LogP contribution in [0.5, 0.6) is 0 Å². The van der Waals surface area contributed by atoms with Crippen LogP contribution in [0.15, 0.2) is 0 Å². The van der Waals surface area contributed by atoms with Crippen molar-refractivity contribution in [2.24, 2.45) is 11.8 Å². The maximum Gasteiger partial charge on any atom is 0.0690 e. The molecule has 1 heterocycles. The van der Waals surface area contributed by atoms with Crippen molar-refractivity contribution in [1.82, 2.24) is 4.90 Å². The summed E-state index contributed by atoms with van der Waals surface area (Å²) in [6.45, 7) is 12.3. The van der Waals surface area contributed by atoms with Crippen LogP contribution in [0.4, 0.5) is 0 Å². The van der Waals surface area contributed by atoms with Gasteiger partial charge in [-0.05, 0) is 38.5 Å². The van der Waals surface area contributed by atoms with Crippen molar-refractivity contribution in [1.29, 1.82) is 0 Å². The lowest BCUT2D eigenvalue weighted by molar-refractivity contribution is -0.0128. The fourth-order valence-corrected chi connectivity index (χ4v) is 2.86. The molecule has 1 rings (SSSR count). The van der Waals surface area contributed by atoms with E-state index in [1.807, 2.05) is 0 Å². The highest BCUT2D eigenvalue weighted by atomic mass is 16.3. The van der Waals surface area contributed by atoms with Gasteiger partial charge in [-0.25, -0.2) is 0 Å². The second-order valence-electron chi connectivity index (χ2n) is 5.47. The minimum atomic E-state index is -0.176. The molecule has 1 aliphatic rings. The van der Waals surface area contributed by atoms with Gasteiger partial charge in [0.2, 0.25) is 0 Å². The van der Waals surface area contributed by atoms with E-state index in [2.05, 4.69) is 39.5 Å². The summed E-state index contributed by atoms with van der Waals surface area (Å²) in [5, 5.41) is 9.93. The Kier molecular flexibility index (Phi) is 4.60. The van der Waals surface area contributed by atoms with Gasteiger partial charge in [0.1, 0.15) is 0 Å². The van der Waals surface area contributed by atoms with E-state index in [0.29, 0.717) is 12.1 Å². The van der Waals surface area contributed by atoms with Gasteiger partial charge in [-0.3, -0.25) is 4.90 Å². The molecule has 15 heavy (non-hydrogen) atoms. The molecular formula is C13H27NO. The average Bonchev–Trinajstić information content (AvgIpc) is 2.21. The number of nitrogens with zero attached hydrogens (tertiary/aromatic N) is 1. The summed E-state index contributed by atoms with van der Waals surface area (Å²) in [7, 11) is 0. The van der Waals surface area contributed by atoms with Crippen LogP contribution in [-0.2, 0) is 0 Å². The molecule has 0 saturated carbocycles. The first-order chi connectivity index (χ1) is 6.97. The minimum absolute atomic E-state index is 0.176. The second-order valence-corrected chi connectivity index (χ2v) is 5.47. The van der Waals surface area contributed by atoms with Crippen LogP contribution in [0.2, 0.25) is 0 Å². The molecule has 0 aromatic rings. The van der Waals surface area contributed by atoms with Crippen molar-refractivity contribution in [2.45, 2.75) is 65.6 Å². The van der Waals surface area contributed by atoms with Crippen LogP contribution in [0.1, 0.15) is 47.5 Å². The highest BCUT2D eigenvalue weighted by Gasteiger charge is 2.33. The summed E-state index contributed by atoms with van der Waals surface area (Å²) < 4.78 is 0. The van der Waals surface area contributed by atoms with E-state index in [1.54, 1.807) is 0 Å². The first kappa shape index (κ1) is 13.0. The molecule has 90 valence electrons. The van der Waals surface area contributed by atoms with Gasteiger partial charge in [0.15, 0.2) is 0 Å². The van der Waals surface area contributed by atoms with E-state index < -0.39 is 0 Å². The zero-order valence-electron chi connectivity index (χ0n) is 10.9. The zero-order chi connectivity index (χ0) is 11.6. The van der Waals surface area contributed by atoms with Crippen LogP contribution in [-0.4, -0.2) is 34.7 Å². The molecule has 0 bridgehead atoms. The van der Waals surface area contributed by atoms with E-state index >= 15 is 0 Å². The summed E-state index contributed by atoms with van der Waals surface area (Å²) in [6, 6.07) is 0.910. The zero-order valence-corrected chi connectivity index (χ0v) is 10.9. The molecule has 0 aliphatic carbocycles. The smallest absolute Gasteiger partial charge is 0.0690 e. The van der Waals surface area contributed by atoms with Gasteiger partial charge in [0.05, 0.1) is 6.10 Å². The minimum Gasteiger partial charge on any atom is -0.392 e. The first-order valence-corrected chi connectivity index (χ1v) is 6.41. The summed E-state index contributed by atoms with van der Waals surface area (Å²) in [5.41, 5.74) is 0. The van der Waals surface area contributed by atoms with Crippen LogP contribution in [0, 0.1) is 11.8 Å². The van der Waals surface area contributed by atoms with Gasteiger partial charge in [0, 0.05) is 18.6 Å². The lowest BCUT2D eigenvalue weighted by Crippen LogP contribution is -2.53. The van der Waals surface area contributed by atoms with Gasteiger partial charge in [0.25, 0.3) is 0 Å². The Hall–Kier alpha value is -0.0800. The predicted molar refractivity (Wildman–Crippen MR) is 64.9 cm³/mol. The predicted octanol–water partition coefficient (Wildman–Crippen LogP) is 2.51. The summed E-state index contributed by atoms with van der Waals surface area (Å²) in [5.74, 6) is 1.52. The Morgan fingerprint density at radius 3 is 2.47 bits per heavy atom. The molecular weight excluding hydrogens is 186 g/mol. The number of aliphatic hydroxyl groups excluding tert-OH is 1. The first-order valence-electron chi connectivity index (χ1n) is 6.41. The third kappa shape index (κ3) is 2.94. The van der Waals surface area contributed by atoms with E-state index in [0.717, 1.165) is 24.8 Å². The number of hydrogen-bond acceptors (Lipinski definition) is 2. The van der Waals surface area contributed by atoms with E-state index in [4.69, 9.17) is 0 Å². The molecule has 0 amide bonds. The highest BCUT2D eigenvalue weighted by Crippen LogP contribution is 2.29. The van der Waals surface area contributed by atoms with Crippen LogP contribution < -0.4 is 0 Å². The number of aliphatic hydroxyl groups is 1. The van der Waals surface area contributed by atoms with Gasteiger partial charge < -0.3 is 5.11 Å². The Morgan fingerprint density at radius 2 is 1.93 bits per heavy atom. The van der Waals surface area contributed by atoms with Crippen LogP contribution >= 0.6 is 0 Å². The SMILES string of the molecule is CCC(O)C(C)N1CC(C)CC(C)C1C. The fourth-order valence-electron chi connectivity index (χ4n) is 2.86. The summed E-state index contributed by atoms with van der Waals surface area (Å²) >= 11 is 0.